The number of methoxy groups -OCH3 is 2. The molecule has 1 heterocycles. The number of aliphatic hydroxyl groups is 1. The topological polar surface area (TPSA) is 166 Å². The Hall–Kier alpha value is -3.23. The lowest BCUT2D eigenvalue weighted by molar-refractivity contribution is -0.143. The van der Waals surface area contributed by atoms with Gasteiger partial charge in [-0.3, -0.25) is 28.9 Å². The van der Waals surface area contributed by atoms with Crippen LogP contribution in [0.15, 0.2) is 30.3 Å². The predicted molar refractivity (Wildman–Crippen MR) is 235 cm³/mol. The first-order chi connectivity index (χ1) is 28.3. The first kappa shape index (κ1) is 52.9. The molecule has 13 heteroatoms. The highest BCUT2D eigenvalue weighted by Gasteiger charge is 2.42. The number of likely N-dealkylation sites (N-methyl/N-ethyl adjacent to an activating group) is 2. The monoisotopic (exact) mass is 845 g/mol. The number of aliphatic carboxylic acids is 1. The number of carbonyl (C=O) groups excluding carboxylic acids is 4. The Morgan fingerprint density at radius 2 is 1.53 bits per heavy atom. The number of ketones is 2. The zero-order valence-corrected chi connectivity index (χ0v) is 38.9. The van der Waals surface area contributed by atoms with Gasteiger partial charge in [0.15, 0.2) is 5.78 Å². The van der Waals surface area contributed by atoms with E-state index in [-0.39, 0.29) is 85.1 Å². The summed E-state index contributed by atoms with van der Waals surface area (Å²) in [6.07, 6.45) is 1.13. The largest absolute Gasteiger partial charge is 0.481 e. The minimum Gasteiger partial charge on any atom is -0.481 e. The molecule has 1 aliphatic rings. The molecule has 1 aromatic rings. The molecule has 0 spiro atoms. The van der Waals surface area contributed by atoms with Gasteiger partial charge in [0.1, 0.15) is 5.78 Å². The maximum absolute atomic E-state index is 14.3. The predicted octanol–water partition coefficient (Wildman–Crippen LogP) is 5.71. The number of nitrogens with zero attached hydrogens (tertiary/aromatic N) is 3. The number of benzene rings is 1. The zero-order valence-electron chi connectivity index (χ0n) is 38.9. The molecular weight excluding hydrogens is 765 g/mol. The molecule has 2 amide bonds. The molecule has 1 saturated heterocycles. The molecular formula is C47H80N4O9. The smallest absolute Gasteiger partial charge is 0.303 e. The second kappa shape index (κ2) is 26.3. The number of ether oxygens (including phenoxy) is 2. The van der Waals surface area contributed by atoms with Crippen LogP contribution in [0.5, 0.6) is 0 Å². The van der Waals surface area contributed by atoms with Gasteiger partial charge in [-0.1, -0.05) is 85.2 Å². The van der Waals surface area contributed by atoms with Gasteiger partial charge in [-0.15, -0.1) is 0 Å². The molecule has 13 nitrogen and oxygen atoms in total. The molecule has 0 aliphatic carbocycles. The van der Waals surface area contributed by atoms with E-state index in [1.165, 1.54) is 6.92 Å². The maximum atomic E-state index is 14.3. The molecule has 342 valence electrons. The minimum absolute atomic E-state index is 0.0451. The van der Waals surface area contributed by atoms with E-state index >= 15 is 0 Å². The van der Waals surface area contributed by atoms with Crippen LogP contribution in [0.1, 0.15) is 112 Å². The van der Waals surface area contributed by atoms with E-state index in [2.05, 4.69) is 45.0 Å². The molecule has 3 N–H and O–H groups in total. The summed E-state index contributed by atoms with van der Waals surface area (Å²) in [5.41, 5.74) is 0.914. The first-order valence-corrected chi connectivity index (χ1v) is 22.3. The standard InChI is InChI=1S/C47H80N4O9/c1-13-32(6)45(50(10)29-36(30(2)3)25-40(54)44(31(4)5)49(9)23-18-22-43(56)57)41(59-11)27-42(55)51-24-17-21-38(51)46(60-12)33(7)39(53)26-37(34(8)52)47(58)48-28-35-19-15-14-16-20-35/h14-16,19-20,30-34,36-38,41,44-46,52H,13,17-18,21-29H2,1-12H3,(H,48,58)(H,56,57)/t32-,33-,34+,36+,37-,38-,41+,44-,45-,46+/m0/s1. The van der Waals surface area contributed by atoms with Crippen LogP contribution in [-0.2, 0) is 40.0 Å². The Balaban J connectivity index is 2.20. The Labute approximate surface area is 361 Å². The average Bonchev–Trinajstić information content (AvgIpc) is 3.68. The number of amides is 2. The third kappa shape index (κ3) is 15.9. The van der Waals surface area contributed by atoms with Crippen LogP contribution < -0.4 is 5.32 Å². The number of rotatable bonds is 29. The quantitative estimate of drug-likeness (QED) is 0.0906. The molecule has 1 aromatic carbocycles. The summed E-state index contributed by atoms with van der Waals surface area (Å²) in [7, 11) is 7.16. The number of Topliss-reactive ketones (excluding diaryl/α,β-unsaturated/α-hetero) is 2. The van der Waals surface area contributed by atoms with Gasteiger partial charge >= 0.3 is 5.97 Å². The molecule has 0 saturated carbocycles. The van der Waals surface area contributed by atoms with Crippen LogP contribution >= 0.6 is 0 Å². The molecule has 0 radical (unpaired) electrons. The van der Waals surface area contributed by atoms with Gasteiger partial charge in [0, 0.05) is 65.1 Å². The van der Waals surface area contributed by atoms with Crippen molar-refractivity contribution in [2.24, 2.45) is 35.5 Å². The van der Waals surface area contributed by atoms with Crippen LogP contribution in [0.2, 0.25) is 0 Å². The van der Waals surface area contributed by atoms with Crippen molar-refractivity contribution >= 4 is 29.4 Å². The summed E-state index contributed by atoms with van der Waals surface area (Å²) in [4.78, 5) is 72.5. The van der Waals surface area contributed by atoms with Crippen LogP contribution in [0.4, 0.5) is 0 Å². The molecule has 0 bridgehead atoms. The van der Waals surface area contributed by atoms with Crippen molar-refractivity contribution in [2.75, 3.05) is 47.9 Å². The number of carboxylic acid groups (broad SMARTS) is 1. The zero-order chi connectivity index (χ0) is 45.3. The van der Waals surface area contributed by atoms with Gasteiger partial charge < -0.3 is 34.8 Å². The molecule has 60 heavy (non-hydrogen) atoms. The van der Waals surface area contributed by atoms with Crippen molar-refractivity contribution in [3.8, 4) is 0 Å². The van der Waals surface area contributed by atoms with Crippen molar-refractivity contribution < 1.29 is 43.7 Å². The van der Waals surface area contributed by atoms with Crippen LogP contribution in [-0.4, -0.2) is 139 Å². The molecule has 0 unspecified atom stereocenters. The van der Waals surface area contributed by atoms with Crippen molar-refractivity contribution in [1.82, 2.24) is 20.0 Å². The average molecular weight is 845 g/mol. The summed E-state index contributed by atoms with van der Waals surface area (Å²) in [5.74, 6) is -2.43. The third-order valence-electron chi connectivity index (χ3n) is 13.0. The van der Waals surface area contributed by atoms with E-state index in [4.69, 9.17) is 14.6 Å². The minimum atomic E-state index is -1.04. The maximum Gasteiger partial charge on any atom is 0.303 e. The third-order valence-corrected chi connectivity index (χ3v) is 13.0. The molecule has 2 rings (SSSR count). The van der Waals surface area contributed by atoms with Gasteiger partial charge in [-0.2, -0.15) is 0 Å². The van der Waals surface area contributed by atoms with Gasteiger partial charge in [0.2, 0.25) is 11.8 Å². The summed E-state index contributed by atoms with van der Waals surface area (Å²) in [6, 6.07) is 8.67. The lowest BCUT2D eigenvalue weighted by Crippen LogP contribution is -2.52. The summed E-state index contributed by atoms with van der Waals surface area (Å²) in [6.45, 7) is 17.9. The number of likely N-dealkylation sites (tertiary alicyclic amines) is 1. The number of hydrogen-bond donors (Lipinski definition) is 3. The Kier molecular flexibility index (Phi) is 23.2. The lowest BCUT2D eigenvalue weighted by atomic mass is 9.84. The van der Waals surface area contributed by atoms with Crippen molar-refractivity contribution in [2.45, 2.75) is 150 Å². The molecule has 1 fully saturated rings. The summed E-state index contributed by atoms with van der Waals surface area (Å²) < 4.78 is 12.1. The number of carboxylic acids is 1. The van der Waals surface area contributed by atoms with Gasteiger partial charge in [0.25, 0.3) is 0 Å². The fraction of sp³-hybridized carbons (Fsp3) is 0.766. The van der Waals surface area contributed by atoms with Crippen molar-refractivity contribution in [3.05, 3.63) is 35.9 Å². The lowest BCUT2D eigenvalue weighted by Gasteiger charge is -2.41. The molecule has 10 atom stereocenters. The highest BCUT2D eigenvalue weighted by molar-refractivity contribution is 5.89. The van der Waals surface area contributed by atoms with Crippen molar-refractivity contribution in [1.29, 1.82) is 0 Å². The normalized spacial score (nSPS) is 19.1. The van der Waals surface area contributed by atoms with Crippen LogP contribution in [0.3, 0.4) is 0 Å². The molecule has 0 aromatic heterocycles. The number of carbonyl (C=O) groups is 5. The van der Waals surface area contributed by atoms with Gasteiger partial charge in [-0.25, -0.2) is 0 Å². The highest BCUT2D eigenvalue weighted by Crippen LogP contribution is 2.31. The van der Waals surface area contributed by atoms with E-state index < -0.39 is 42.0 Å². The van der Waals surface area contributed by atoms with E-state index in [9.17, 15) is 29.1 Å². The second-order valence-electron chi connectivity index (χ2n) is 18.1. The Bertz CT molecular complexity index is 1470. The Morgan fingerprint density at radius 1 is 0.883 bits per heavy atom. The van der Waals surface area contributed by atoms with E-state index in [0.717, 1.165) is 18.4 Å². The molecule has 1 aliphatic heterocycles. The Morgan fingerprint density at radius 3 is 2.07 bits per heavy atom. The van der Waals surface area contributed by atoms with E-state index in [1.54, 1.807) is 21.1 Å². The van der Waals surface area contributed by atoms with Gasteiger partial charge in [-0.05, 0) is 76.1 Å². The number of nitrogens with one attached hydrogen (secondary N) is 1. The number of hydrogen-bond acceptors (Lipinski definition) is 10. The van der Waals surface area contributed by atoms with Gasteiger partial charge in [0.05, 0.1) is 42.7 Å². The fourth-order valence-corrected chi connectivity index (χ4v) is 9.21. The van der Waals surface area contributed by atoms with Crippen LogP contribution in [0, 0.1) is 35.5 Å². The number of aliphatic hydroxyl groups excluding tert-OH is 1. The van der Waals surface area contributed by atoms with Crippen LogP contribution in [0.25, 0.3) is 0 Å². The highest BCUT2D eigenvalue weighted by atomic mass is 16.5. The van der Waals surface area contributed by atoms with E-state index in [0.29, 0.717) is 38.9 Å². The summed E-state index contributed by atoms with van der Waals surface area (Å²) in [5, 5.41) is 22.5. The first-order valence-electron chi connectivity index (χ1n) is 22.3. The fourth-order valence-electron chi connectivity index (χ4n) is 9.21. The van der Waals surface area contributed by atoms with E-state index in [1.807, 2.05) is 61.0 Å². The SMILES string of the molecule is CC[C@H](C)[C@@H]([C@@H](CC(=O)N1CCC[C@H]1[C@H](OC)[C@@H](C)C(=O)C[C@H](C(=O)NCc1ccccc1)[C@@H](C)O)OC)N(C)C[C@@H](CC(=O)[C@H](C(C)C)N(C)CCCC(=O)O)C(C)C. The second-order valence-corrected chi connectivity index (χ2v) is 18.1. The van der Waals surface area contributed by atoms with Crippen molar-refractivity contribution in [3.63, 3.8) is 0 Å². The summed E-state index contributed by atoms with van der Waals surface area (Å²) >= 11 is 0.